The second kappa shape index (κ2) is 3.58. The lowest BCUT2D eigenvalue weighted by molar-refractivity contribution is -0.140. The molecule has 0 heterocycles. The van der Waals surface area contributed by atoms with Crippen LogP contribution in [0.25, 0.3) is 0 Å². The van der Waals surface area contributed by atoms with Gasteiger partial charge in [-0.2, -0.15) is 0 Å². The summed E-state index contributed by atoms with van der Waals surface area (Å²) in [5, 5.41) is 9.12. The predicted molar refractivity (Wildman–Crippen MR) is 69.0 cm³/mol. The Morgan fingerprint density at radius 1 is 1.35 bits per heavy atom. The molecule has 0 bridgehead atoms. The monoisotopic (exact) mass is 294 g/mol. The first-order valence-electron chi connectivity index (χ1n) is 6.02. The first-order valence-corrected chi connectivity index (χ1v) is 6.81. The van der Waals surface area contributed by atoms with Crippen LogP contribution in [0.5, 0.6) is 0 Å². The van der Waals surface area contributed by atoms with E-state index >= 15 is 0 Å². The highest BCUT2D eigenvalue weighted by atomic mass is 79.9. The highest BCUT2D eigenvalue weighted by molar-refractivity contribution is 9.10. The van der Waals surface area contributed by atoms with Crippen LogP contribution in [-0.2, 0) is 10.2 Å². The minimum atomic E-state index is -0.680. The third-order valence-corrected chi connectivity index (χ3v) is 4.80. The van der Waals surface area contributed by atoms with Crippen LogP contribution in [-0.4, -0.2) is 11.1 Å². The fourth-order valence-corrected chi connectivity index (χ4v) is 3.85. The molecule has 0 aliphatic heterocycles. The number of hydrogen-bond donors (Lipinski definition) is 1. The standard InChI is InChI=1S/C14H15BrO2/c15-11-3-1-2-10(6-11)14(7-12(16)17)8-13(9-14)4-5-13/h1-3,6H,4-5,7-9H2,(H,16,17). The van der Waals surface area contributed by atoms with E-state index in [-0.39, 0.29) is 11.8 Å². The molecule has 0 saturated heterocycles. The van der Waals surface area contributed by atoms with Crippen molar-refractivity contribution >= 4 is 21.9 Å². The highest BCUT2D eigenvalue weighted by Crippen LogP contribution is 2.70. The molecule has 2 fully saturated rings. The molecule has 1 aromatic rings. The van der Waals surface area contributed by atoms with Crippen LogP contribution in [0.4, 0.5) is 0 Å². The van der Waals surface area contributed by atoms with Gasteiger partial charge in [-0.1, -0.05) is 28.1 Å². The van der Waals surface area contributed by atoms with Crippen molar-refractivity contribution in [3.05, 3.63) is 34.3 Å². The van der Waals surface area contributed by atoms with Crippen LogP contribution in [0.1, 0.15) is 37.7 Å². The molecule has 90 valence electrons. The molecule has 3 heteroatoms. The lowest BCUT2D eigenvalue weighted by atomic mass is 9.55. The van der Waals surface area contributed by atoms with Gasteiger partial charge in [0.2, 0.25) is 0 Å². The molecule has 0 atom stereocenters. The molecular weight excluding hydrogens is 280 g/mol. The predicted octanol–water partition coefficient (Wildman–Crippen LogP) is 3.74. The largest absolute Gasteiger partial charge is 0.481 e. The minimum absolute atomic E-state index is 0.105. The van der Waals surface area contributed by atoms with Gasteiger partial charge in [0.05, 0.1) is 6.42 Å². The second-order valence-corrected chi connectivity index (χ2v) is 6.63. The van der Waals surface area contributed by atoms with Crippen molar-refractivity contribution in [2.75, 3.05) is 0 Å². The van der Waals surface area contributed by atoms with E-state index in [4.69, 9.17) is 5.11 Å². The van der Waals surface area contributed by atoms with Crippen LogP contribution in [0.15, 0.2) is 28.7 Å². The Kier molecular flexibility index (Phi) is 2.37. The number of benzene rings is 1. The van der Waals surface area contributed by atoms with Crippen LogP contribution in [0.3, 0.4) is 0 Å². The third-order valence-electron chi connectivity index (χ3n) is 4.31. The lowest BCUT2D eigenvalue weighted by Crippen LogP contribution is -2.44. The highest BCUT2D eigenvalue weighted by Gasteiger charge is 2.61. The fraction of sp³-hybridized carbons (Fsp3) is 0.500. The molecule has 0 radical (unpaired) electrons. The van der Waals surface area contributed by atoms with Gasteiger partial charge < -0.3 is 5.11 Å². The Bertz CT molecular complexity index is 469. The third kappa shape index (κ3) is 1.90. The van der Waals surface area contributed by atoms with E-state index in [1.165, 1.54) is 18.4 Å². The Hall–Kier alpha value is -0.830. The average molecular weight is 295 g/mol. The van der Waals surface area contributed by atoms with Gasteiger partial charge in [-0.15, -0.1) is 0 Å². The van der Waals surface area contributed by atoms with Crippen molar-refractivity contribution in [3.63, 3.8) is 0 Å². The van der Waals surface area contributed by atoms with Crippen LogP contribution in [0, 0.1) is 5.41 Å². The number of hydrogen-bond acceptors (Lipinski definition) is 1. The van der Waals surface area contributed by atoms with E-state index in [1.54, 1.807) is 0 Å². The second-order valence-electron chi connectivity index (χ2n) is 5.71. The van der Waals surface area contributed by atoms with E-state index in [0.29, 0.717) is 5.41 Å². The SMILES string of the molecule is O=C(O)CC1(c2cccc(Br)c2)CC2(CC2)C1. The zero-order valence-corrected chi connectivity index (χ0v) is 11.2. The normalized spacial score (nSPS) is 23.1. The van der Waals surface area contributed by atoms with E-state index in [1.807, 2.05) is 12.1 Å². The van der Waals surface area contributed by atoms with Gasteiger partial charge in [0.1, 0.15) is 0 Å². The number of halogens is 1. The maximum atomic E-state index is 11.1. The van der Waals surface area contributed by atoms with Gasteiger partial charge in [-0.25, -0.2) is 0 Å². The van der Waals surface area contributed by atoms with Crippen LogP contribution in [0.2, 0.25) is 0 Å². The van der Waals surface area contributed by atoms with Gasteiger partial charge in [-0.3, -0.25) is 4.79 Å². The molecule has 3 rings (SSSR count). The summed E-state index contributed by atoms with van der Waals surface area (Å²) in [7, 11) is 0. The van der Waals surface area contributed by atoms with Crippen LogP contribution < -0.4 is 0 Å². The van der Waals surface area contributed by atoms with Crippen molar-refractivity contribution in [3.8, 4) is 0 Å². The molecule has 17 heavy (non-hydrogen) atoms. The molecule has 1 N–H and O–H groups in total. The maximum absolute atomic E-state index is 11.1. The number of carbonyl (C=O) groups is 1. The van der Waals surface area contributed by atoms with Crippen molar-refractivity contribution < 1.29 is 9.90 Å². The molecular formula is C14H15BrO2. The number of rotatable bonds is 3. The van der Waals surface area contributed by atoms with Gasteiger partial charge in [-0.05, 0) is 48.8 Å². The zero-order chi connectivity index (χ0) is 12.1. The number of carboxylic acid groups (broad SMARTS) is 1. The van der Waals surface area contributed by atoms with Gasteiger partial charge >= 0.3 is 5.97 Å². The summed E-state index contributed by atoms with van der Waals surface area (Å²) in [6.07, 6.45) is 4.97. The molecule has 2 saturated carbocycles. The van der Waals surface area contributed by atoms with E-state index < -0.39 is 5.97 Å². The lowest BCUT2D eigenvalue weighted by Gasteiger charge is -2.48. The summed E-state index contributed by atoms with van der Waals surface area (Å²) in [5.74, 6) is -0.680. The molecule has 2 aliphatic carbocycles. The number of aliphatic carboxylic acids is 1. The smallest absolute Gasteiger partial charge is 0.304 e. The summed E-state index contributed by atoms with van der Waals surface area (Å²) in [6.45, 7) is 0. The summed E-state index contributed by atoms with van der Waals surface area (Å²) < 4.78 is 1.04. The van der Waals surface area contributed by atoms with Gasteiger partial charge in [0.15, 0.2) is 0 Å². The zero-order valence-electron chi connectivity index (χ0n) is 9.58. The summed E-state index contributed by atoms with van der Waals surface area (Å²) in [5.41, 5.74) is 1.59. The average Bonchev–Trinajstić information content (AvgIpc) is 2.96. The Balaban J connectivity index is 1.91. The Morgan fingerprint density at radius 2 is 2.06 bits per heavy atom. The van der Waals surface area contributed by atoms with Crippen LogP contribution >= 0.6 is 15.9 Å². The van der Waals surface area contributed by atoms with E-state index in [2.05, 4.69) is 28.1 Å². The van der Waals surface area contributed by atoms with Gasteiger partial charge in [0, 0.05) is 9.89 Å². The van der Waals surface area contributed by atoms with Crippen molar-refractivity contribution in [1.29, 1.82) is 0 Å². The molecule has 0 aromatic heterocycles. The topological polar surface area (TPSA) is 37.3 Å². The first kappa shape index (κ1) is 11.3. The fourth-order valence-electron chi connectivity index (χ4n) is 3.45. The molecule has 0 unspecified atom stereocenters. The number of carboxylic acids is 1. The molecule has 1 spiro atoms. The Morgan fingerprint density at radius 3 is 2.59 bits per heavy atom. The summed E-state index contributed by atoms with van der Waals surface area (Å²) in [6, 6.07) is 8.14. The molecule has 2 aliphatic rings. The molecule has 0 amide bonds. The summed E-state index contributed by atoms with van der Waals surface area (Å²) >= 11 is 3.47. The van der Waals surface area contributed by atoms with Crippen molar-refractivity contribution in [2.24, 2.45) is 5.41 Å². The minimum Gasteiger partial charge on any atom is -0.481 e. The maximum Gasteiger partial charge on any atom is 0.304 e. The molecule has 2 nitrogen and oxygen atoms in total. The van der Waals surface area contributed by atoms with Gasteiger partial charge in [0.25, 0.3) is 0 Å². The van der Waals surface area contributed by atoms with E-state index in [9.17, 15) is 4.79 Å². The Labute approximate surface area is 109 Å². The first-order chi connectivity index (χ1) is 8.04. The molecule has 1 aromatic carbocycles. The van der Waals surface area contributed by atoms with E-state index in [0.717, 1.165) is 17.3 Å². The van der Waals surface area contributed by atoms with Crippen molar-refractivity contribution in [2.45, 2.75) is 37.5 Å². The summed E-state index contributed by atoms with van der Waals surface area (Å²) in [4.78, 5) is 11.1. The van der Waals surface area contributed by atoms with Crippen molar-refractivity contribution in [1.82, 2.24) is 0 Å². The quantitative estimate of drug-likeness (QED) is 0.922.